The van der Waals surface area contributed by atoms with Gasteiger partial charge in [-0.2, -0.15) is 4.31 Å². The first-order valence-electron chi connectivity index (χ1n) is 10.1. The highest BCUT2D eigenvalue weighted by Crippen LogP contribution is 2.21. The largest absolute Gasteiger partial charge is 0.467 e. The van der Waals surface area contributed by atoms with Crippen LogP contribution in [0.5, 0.6) is 0 Å². The van der Waals surface area contributed by atoms with Crippen LogP contribution in [0.2, 0.25) is 0 Å². The van der Waals surface area contributed by atoms with E-state index >= 15 is 0 Å². The fourth-order valence-electron chi connectivity index (χ4n) is 3.52. The second-order valence-electron chi connectivity index (χ2n) is 7.27. The number of benzene rings is 2. The Morgan fingerprint density at radius 1 is 1.12 bits per heavy atom. The first-order chi connectivity index (χ1) is 15.3. The van der Waals surface area contributed by atoms with Crippen LogP contribution in [0, 0.1) is 0 Å². The van der Waals surface area contributed by atoms with Crippen LogP contribution in [0.3, 0.4) is 0 Å². The number of sulfonamides is 1. The van der Waals surface area contributed by atoms with Crippen molar-refractivity contribution in [3.63, 3.8) is 0 Å². The Morgan fingerprint density at radius 2 is 1.75 bits per heavy atom. The fraction of sp³-hybridized carbons (Fsp3) is 0.318. The van der Waals surface area contributed by atoms with Crippen molar-refractivity contribution in [2.24, 2.45) is 0 Å². The lowest BCUT2D eigenvalue weighted by Crippen LogP contribution is -2.58. The molecule has 0 radical (unpaired) electrons. The zero-order valence-corrected chi connectivity index (χ0v) is 18.4. The predicted octanol–water partition coefficient (Wildman–Crippen LogP) is 0.466. The average Bonchev–Trinajstić information content (AvgIpc) is 2.80. The number of carbonyl (C=O) groups excluding carboxylic acids is 3. The summed E-state index contributed by atoms with van der Waals surface area (Å²) in [6, 6.07) is 14.6. The third kappa shape index (κ3) is 5.51. The van der Waals surface area contributed by atoms with Crippen LogP contribution in [0.15, 0.2) is 65.6 Å². The van der Waals surface area contributed by atoms with Crippen LogP contribution in [-0.2, 0) is 35.6 Å². The van der Waals surface area contributed by atoms with E-state index in [-0.39, 0.29) is 24.4 Å². The molecule has 1 aliphatic heterocycles. The molecule has 1 fully saturated rings. The highest BCUT2D eigenvalue weighted by Gasteiger charge is 2.40. The number of rotatable bonds is 8. The van der Waals surface area contributed by atoms with E-state index in [1.54, 1.807) is 18.2 Å². The minimum absolute atomic E-state index is 0.0331. The molecule has 32 heavy (non-hydrogen) atoms. The molecule has 0 aromatic heterocycles. The molecule has 2 N–H and O–H groups in total. The molecule has 0 aliphatic carbocycles. The van der Waals surface area contributed by atoms with Gasteiger partial charge in [-0.15, -0.1) is 0 Å². The molecule has 10 heteroatoms. The monoisotopic (exact) mass is 459 g/mol. The average molecular weight is 460 g/mol. The molecular formula is C22H25N3O6S. The number of amides is 2. The van der Waals surface area contributed by atoms with Crippen LogP contribution < -0.4 is 10.6 Å². The van der Waals surface area contributed by atoms with Gasteiger partial charge in [0.1, 0.15) is 12.1 Å². The van der Waals surface area contributed by atoms with E-state index < -0.39 is 46.3 Å². The Kier molecular flexibility index (Phi) is 7.60. The van der Waals surface area contributed by atoms with Crippen molar-refractivity contribution in [2.45, 2.75) is 29.8 Å². The molecule has 2 aromatic rings. The second-order valence-corrected chi connectivity index (χ2v) is 9.16. The number of esters is 1. The lowest BCUT2D eigenvalue weighted by atomic mass is 10.1. The first-order valence-corrected chi connectivity index (χ1v) is 11.5. The van der Waals surface area contributed by atoms with Crippen LogP contribution >= 0.6 is 0 Å². The summed E-state index contributed by atoms with van der Waals surface area (Å²) in [6.07, 6.45) is -0.234. The number of hydrogen-bond donors (Lipinski definition) is 2. The normalized spacial score (nSPS) is 17.8. The zero-order valence-electron chi connectivity index (χ0n) is 17.6. The van der Waals surface area contributed by atoms with Crippen LogP contribution in [-0.4, -0.2) is 62.8 Å². The predicted molar refractivity (Wildman–Crippen MR) is 116 cm³/mol. The van der Waals surface area contributed by atoms with E-state index in [0.717, 1.165) is 9.87 Å². The Morgan fingerprint density at radius 3 is 2.38 bits per heavy atom. The second kappa shape index (κ2) is 10.4. The standard InChI is InChI=1S/C22H25N3O6S/c1-31-22(28)18(14-16-8-4-2-5-9-16)24-20(26)15-19-21(27)23-12-13-25(19)32(29,30)17-10-6-3-7-11-17/h2-11,18-19H,12-15H2,1H3,(H,23,27)(H,24,26). The number of nitrogens with zero attached hydrogens (tertiary/aromatic N) is 1. The van der Waals surface area contributed by atoms with Crippen molar-refractivity contribution in [1.29, 1.82) is 0 Å². The smallest absolute Gasteiger partial charge is 0.328 e. The lowest BCUT2D eigenvalue weighted by Gasteiger charge is -2.33. The molecule has 2 aromatic carbocycles. The molecule has 1 saturated heterocycles. The maximum Gasteiger partial charge on any atom is 0.328 e. The Balaban J connectivity index is 1.76. The molecule has 2 amide bonds. The van der Waals surface area contributed by atoms with Gasteiger partial charge in [0.25, 0.3) is 0 Å². The molecule has 2 atom stereocenters. The molecule has 1 heterocycles. The summed E-state index contributed by atoms with van der Waals surface area (Å²) in [6.45, 7) is 0.174. The fourth-order valence-corrected chi connectivity index (χ4v) is 5.13. The van der Waals surface area contributed by atoms with Gasteiger partial charge < -0.3 is 15.4 Å². The molecule has 3 rings (SSSR count). The van der Waals surface area contributed by atoms with Gasteiger partial charge in [-0.05, 0) is 17.7 Å². The summed E-state index contributed by atoms with van der Waals surface area (Å²) >= 11 is 0. The van der Waals surface area contributed by atoms with Crippen molar-refractivity contribution in [3.05, 3.63) is 66.2 Å². The van der Waals surface area contributed by atoms with Gasteiger partial charge in [0.15, 0.2) is 0 Å². The van der Waals surface area contributed by atoms with Crippen LogP contribution in [0.25, 0.3) is 0 Å². The van der Waals surface area contributed by atoms with Crippen molar-refractivity contribution < 1.29 is 27.5 Å². The summed E-state index contributed by atoms with van der Waals surface area (Å²) in [5, 5.41) is 5.18. The van der Waals surface area contributed by atoms with Crippen LogP contribution in [0.1, 0.15) is 12.0 Å². The minimum Gasteiger partial charge on any atom is -0.467 e. The minimum atomic E-state index is -3.99. The third-order valence-corrected chi connectivity index (χ3v) is 7.04. The van der Waals surface area contributed by atoms with E-state index in [4.69, 9.17) is 4.74 Å². The van der Waals surface area contributed by atoms with E-state index in [1.165, 1.54) is 19.2 Å². The summed E-state index contributed by atoms with van der Waals surface area (Å²) in [5.41, 5.74) is 0.812. The molecule has 0 spiro atoms. The van der Waals surface area contributed by atoms with Gasteiger partial charge in [-0.25, -0.2) is 13.2 Å². The quantitative estimate of drug-likeness (QED) is 0.554. The topological polar surface area (TPSA) is 122 Å². The highest BCUT2D eigenvalue weighted by molar-refractivity contribution is 7.89. The Bertz CT molecular complexity index is 1060. The van der Waals surface area contributed by atoms with Crippen molar-refractivity contribution in [1.82, 2.24) is 14.9 Å². The highest BCUT2D eigenvalue weighted by atomic mass is 32.2. The van der Waals surface area contributed by atoms with Crippen molar-refractivity contribution >= 4 is 27.8 Å². The van der Waals surface area contributed by atoms with E-state index in [2.05, 4.69) is 10.6 Å². The summed E-state index contributed by atoms with van der Waals surface area (Å²) in [5.74, 6) is -1.83. The zero-order chi connectivity index (χ0) is 23.1. The molecule has 1 aliphatic rings. The van der Waals surface area contributed by atoms with Crippen molar-refractivity contribution in [2.75, 3.05) is 20.2 Å². The van der Waals surface area contributed by atoms with Gasteiger partial charge in [0.2, 0.25) is 21.8 Å². The number of hydrogen-bond acceptors (Lipinski definition) is 6. The van der Waals surface area contributed by atoms with Gasteiger partial charge in [0.05, 0.1) is 18.4 Å². The molecule has 2 unspecified atom stereocenters. The number of methoxy groups -OCH3 is 1. The first kappa shape index (κ1) is 23.4. The molecule has 0 bridgehead atoms. The lowest BCUT2D eigenvalue weighted by molar-refractivity contribution is -0.145. The van der Waals surface area contributed by atoms with E-state index in [9.17, 15) is 22.8 Å². The van der Waals surface area contributed by atoms with Gasteiger partial charge in [-0.1, -0.05) is 48.5 Å². The molecule has 0 saturated carbocycles. The van der Waals surface area contributed by atoms with Gasteiger partial charge >= 0.3 is 5.97 Å². The Hall–Kier alpha value is -3.24. The SMILES string of the molecule is COC(=O)C(Cc1ccccc1)NC(=O)CC1C(=O)NCCN1S(=O)(=O)c1ccccc1. The third-order valence-electron chi connectivity index (χ3n) is 5.11. The summed E-state index contributed by atoms with van der Waals surface area (Å²) in [4.78, 5) is 37.5. The molecule has 170 valence electrons. The van der Waals surface area contributed by atoms with E-state index in [1.807, 2.05) is 30.3 Å². The number of carbonyl (C=O) groups is 3. The van der Waals surface area contributed by atoms with Crippen LogP contribution in [0.4, 0.5) is 0 Å². The molecule has 9 nitrogen and oxygen atoms in total. The Labute approximate surface area is 186 Å². The summed E-state index contributed by atoms with van der Waals surface area (Å²) < 4.78 is 32.0. The summed E-state index contributed by atoms with van der Waals surface area (Å²) in [7, 11) is -2.77. The van der Waals surface area contributed by atoms with Crippen molar-refractivity contribution in [3.8, 4) is 0 Å². The number of nitrogens with one attached hydrogen (secondary N) is 2. The van der Waals surface area contributed by atoms with E-state index in [0.29, 0.717) is 0 Å². The number of ether oxygens (including phenoxy) is 1. The van der Waals surface area contributed by atoms with Gasteiger partial charge in [-0.3, -0.25) is 9.59 Å². The maximum absolute atomic E-state index is 13.1. The molecular weight excluding hydrogens is 434 g/mol. The number of piperazine rings is 1. The maximum atomic E-state index is 13.1. The van der Waals surface area contributed by atoms with Gasteiger partial charge in [0, 0.05) is 19.5 Å².